The number of hydrogen-bond acceptors (Lipinski definition) is 4. The van der Waals surface area contributed by atoms with Gasteiger partial charge in [-0.25, -0.2) is 5.10 Å². The Kier molecular flexibility index (Phi) is 3.88. The quantitative estimate of drug-likeness (QED) is 0.604. The molecule has 0 saturated carbocycles. The maximum Gasteiger partial charge on any atom is 0.186 e. The molecule has 0 aliphatic rings. The maximum atomic E-state index is 5.94. The second-order valence-corrected chi connectivity index (χ2v) is 5.86. The average Bonchev–Trinajstić information content (AvgIpc) is 3.25. The van der Waals surface area contributed by atoms with Crippen molar-refractivity contribution in [3.8, 4) is 5.75 Å². The lowest BCUT2D eigenvalue weighted by Crippen LogP contribution is -1.99. The number of benzene rings is 2. The van der Waals surface area contributed by atoms with Crippen molar-refractivity contribution in [1.29, 1.82) is 0 Å². The van der Waals surface area contributed by atoms with E-state index in [-0.39, 0.29) is 0 Å². The summed E-state index contributed by atoms with van der Waals surface area (Å²) in [6, 6.07) is 16.0. The molecular formula is C17H14ClN5O. The number of tetrazole rings is 1. The molecule has 0 unspecified atom stereocenters. The van der Waals surface area contributed by atoms with Crippen molar-refractivity contribution >= 4 is 22.5 Å². The molecule has 0 aliphatic carbocycles. The van der Waals surface area contributed by atoms with Crippen LogP contribution >= 0.6 is 11.6 Å². The lowest BCUT2D eigenvalue weighted by molar-refractivity contribution is 0.296. The highest BCUT2D eigenvalue weighted by Crippen LogP contribution is 2.23. The molecule has 1 N–H and O–H groups in total. The predicted octanol–water partition coefficient (Wildman–Crippen LogP) is 3.44. The minimum atomic E-state index is 0.310. The first-order chi connectivity index (χ1) is 11.8. The minimum Gasteiger partial charge on any atom is -0.486 e. The Balaban J connectivity index is 1.53. The standard InChI is InChI=1S/C17H14ClN5O/c18-14-3-1-12(2-4-14)10-23-8-7-13-9-15(5-6-16(13)23)24-11-17-19-21-22-20-17/h1-9H,10-11H2,(H,19,20,21,22). The van der Waals surface area contributed by atoms with Gasteiger partial charge >= 0.3 is 0 Å². The van der Waals surface area contributed by atoms with Crippen molar-refractivity contribution < 1.29 is 4.74 Å². The van der Waals surface area contributed by atoms with Crippen molar-refractivity contribution in [2.24, 2.45) is 0 Å². The fraction of sp³-hybridized carbons (Fsp3) is 0.118. The Morgan fingerprint density at radius 1 is 1.08 bits per heavy atom. The fourth-order valence-corrected chi connectivity index (χ4v) is 2.71. The first-order valence-corrected chi connectivity index (χ1v) is 7.84. The molecule has 0 spiro atoms. The van der Waals surface area contributed by atoms with Gasteiger partial charge in [0.05, 0.1) is 0 Å². The van der Waals surface area contributed by atoms with Crippen LogP contribution in [0.2, 0.25) is 5.02 Å². The van der Waals surface area contributed by atoms with Crippen molar-refractivity contribution in [3.05, 3.63) is 71.1 Å². The molecule has 0 bridgehead atoms. The van der Waals surface area contributed by atoms with E-state index in [9.17, 15) is 0 Å². The third kappa shape index (κ3) is 3.09. The molecule has 0 saturated heterocycles. The maximum absolute atomic E-state index is 5.94. The van der Waals surface area contributed by atoms with Gasteiger partial charge in [-0.05, 0) is 52.4 Å². The van der Waals surface area contributed by atoms with E-state index < -0.39 is 0 Å². The molecule has 4 rings (SSSR count). The molecule has 0 amide bonds. The summed E-state index contributed by atoms with van der Waals surface area (Å²) >= 11 is 5.94. The normalized spacial score (nSPS) is 11.0. The van der Waals surface area contributed by atoms with Gasteiger partial charge in [0.2, 0.25) is 0 Å². The van der Waals surface area contributed by atoms with Gasteiger partial charge in [-0.1, -0.05) is 23.7 Å². The Bertz CT molecular complexity index is 947. The van der Waals surface area contributed by atoms with Crippen LogP contribution in [-0.4, -0.2) is 25.2 Å². The highest BCUT2D eigenvalue weighted by Gasteiger charge is 2.05. The van der Waals surface area contributed by atoms with Crippen LogP contribution in [0.1, 0.15) is 11.4 Å². The van der Waals surface area contributed by atoms with Crippen LogP contribution in [0.15, 0.2) is 54.7 Å². The van der Waals surface area contributed by atoms with Crippen LogP contribution in [0.3, 0.4) is 0 Å². The Hall–Kier alpha value is -2.86. The zero-order chi connectivity index (χ0) is 16.4. The van der Waals surface area contributed by atoms with Crippen LogP contribution in [-0.2, 0) is 13.2 Å². The molecule has 2 heterocycles. The molecule has 24 heavy (non-hydrogen) atoms. The summed E-state index contributed by atoms with van der Waals surface area (Å²) in [4.78, 5) is 0. The van der Waals surface area contributed by atoms with Gasteiger partial charge in [-0.15, -0.1) is 5.10 Å². The predicted molar refractivity (Wildman–Crippen MR) is 91.0 cm³/mol. The third-order valence-corrected chi connectivity index (χ3v) is 4.03. The number of fused-ring (bicyclic) bond motifs is 1. The molecule has 0 aliphatic heterocycles. The summed E-state index contributed by atoms with van der Waals surface area (Å²) in [7, 11) is 0. The molecule has 2 aromatic heterocycles. The number of nitrogens with zero attached hydrogens (tertiary/aromatic N) is 4. The molecular weight excluding hydrogens is 326 g/mol. The molecule has 6 nitrogen and oxygen atoms in total. The average molecular weight is 340 g/mol. The van der Waals surface area contributed by atoms with Gasteiger partial charge in [0.1, 0.15) is 12.4 Å². The van der Waals surface area contributed by atoms with Crippen molar-refractivity contribution in [3.63, 3.8) is 0 Å². The van der Waals surface area contributed by atoms with E-state index in [1.165, 1.54) is 5.56 Å². The second-order valence-electron chi connectivity index (χ2n) is 5.43. The summed E-state index contributed by atoms with van der Waals surface area (Å²) in [5.41, 5.74) is 2.36. The van der Waals surface area contributed by atoms with Crippen LogP contribution in [0, 0.1) is 0 Å². The summed E-state index contributed by atoms with van der Waals surface area (Å²) in [5.74, 6) is 1.37. The number of H-pyrrole nitrogens is 1. The SMILES string of the molecule is Clc1ccc(Cn2ccc3cc(OCc4nnn[nH]4)ccc32)cc1. The lowest BCUT2D eigenvalue weighted by atomic mass is 10.2. The van der Waals surface area contributed by atoms with Crippen LogP contribution in [0.25, 0.3) is 10.9 Å². The van der Waals surface area contributed by atoms with E-state index >= 15 is 0 Å². The van der Waals surface area contributed by atoms with Crippen molar-refractivity contribution in [1.82, 2.24) is 25.2 Å². The topological polar surface area (TPSA) is 68.6 Å². The monoisotopic (exact) mass is 339 g/mol. The Labute approximate surface area is 143 Å². The highest BCUT2D eigenvalue weighted by atomic mass is 35.5. The number of nitrogens with one attached hydrogen (secondary N) is 1. The first kappa shape index (κ1) is 14.7. The van der Waals surface area contributed by atoms with E-state index in [1.54, 1.807) is 0 Å². The molecule has 0 fully saturated rings. The highest BCUT2D eigenvalue weighted by molar-refractivity contribution is 6.30. The minimum absolute atomic E-state index is 0.310. The third-order valence-electron chi connectivity index (χ3n) is 3.77. The summed E-state index contributed by atoms with van der Waals surface area (Å²) in [6.07, 6.45) is 2.07. The number of rotatable bonds is 5. The molecule has 2 aromatic carbocycles. The van der Waals surface area contributed by atoms with E-state index in [0.717, 1.165) is 28.2 Å². The van der Waals surface area contributed by atoms with Crippen LogP contribution in [0.5, 0.6) is 5.75 Å². The zero-order valence-electron chi connectivity index (χ0n) is 12.7. The van der Waals surface area contributed by atoms with Gasteiger partial charge in [0.25, 0.3) is 0 Å². The number of hydrogen-bond donors (Lipinski definition) is 1. The fourth-order valence-electron chi connectivity index (χ4n) is 2.58. The van der Waals surface area contributed by atoms with Crippen molar-refractivity contribution in [2.45, 2.75) is 13.2 Å². The largest absolute Gasteiger partial charge is 0.486 e. The summed E-state index contributed by atoms with van der Waals surface area (Å²) in [5, 5.41) is 15.4. The van der Waals surface area contributed by atoms with Gasteiger partial charge in [0, 0.05) is 28.7 Å². The van der Waals surface area contributed by atoms with Crippen molar-refractivity contribution in [2.75, 3.05) is 0 Å². The molecule has 4 aromatic rings. The van der Waals surface area contributed by atoms with E-state index in [4.69, 9.17) is 16.3 Å². The molecule has 7 heteroatoms. The summed E-state index contributed by atoms with van der Waals surface area (Å²) < 4.78 is 7.90. The van der Waals surface area contributed by atoms with Gasteiger partial charge < -0.3 is 9.30 Å². The molecule has 0 atom stereocenters. The van der Waals surface area contributed by atoms with E-state index in [2.05, 4.69) is 43.5 Å². The summed E-state index contributed by atoms with van der Waals surface area (Å²) in [6.45, 7) is 1.11. The Morgan fingerprint density at radius 2 is 1.96 bits per heavy atom. The van der Waals surface area contributed by atoms with E-state index in [0.29, 0.717) is 12.4 Å². The molecule has 120 valence electrons. The molecule has 0 radical (unpaired) electrons. The zero-order valence-corrected chi connectivity index (χ0v) is 13.4. The number of halogens is 1. The lowest BCUT2D eigenvalue weighted by Gasteiger charge is -2.07. The van der Waals surface area contributed by atoms with Gasteiger partial charge in [-0.3, -0.25) is 0 Å². The van der Waals surface area contributed by atoms with Crippen LogP contribution < -0.4 is 4.74 Å². The first-order valence-electron chi connectivity index (χ1n) is 7.47. The van der Waals surface area contributed by atoms with Crippen LogP contribution in [0.4, 0.5) is 0 Å². The second kappa shape index (κ2) is 6.33. The number of ether oxygens (including phenoxy) is 1. The van der Waals surface area contributed by atoms with Gasteiger partial charge in [0.15, 0.2) is 5.82 Å². The Morgan fingerprint density at radius 3 is 2.75 bits per heavy atom. The van der Waals surface area contributed by atoms with E-state index in [1.807, 2.05) is 36.4 Å². The number of aromatic nitrogens is 5. The smallest absolute Gasteiger partial charge is 0.186 e. The van der Waals surface area contributed by atoms with Gasteiger partial charge in [-0.2, -0.15) is 0 Å². The number of aromatic amines is 1.